The van der Waals surface area contributed by atoms with Crippen molar-refractivity contribution in [2.45, 2.75) is 0 Å². The van der Waals surface area contributed by atoms with Gasteiger partial charge in [-0.3, -0.25) is 19.7 Å². The van der Waals surface area contributed by atoms with Crippen molar-refractivity contribution < 1.29 is 24.6 Å². The SMILES string of the molecule is CON(C)C(=O)c1cc(B(O)O)cc([N+](=O)[O-])c1. The zero-order valence-electron chi connectivity index (χ0n) is 9.73. The van der Waals surface area contributed by atoms with Gasteiger partial charge in [-0.15, -0.1) is 0 Å². The molecule has 18 heavy (non-hydrogen) atoms. The van der Waals surface area contributed by atoms with Gasteiger partial charge in [-0.2, -0.15) is 0 Å². The van der Waals surface area contributed by atoms with Crippen LogP contribution in [0.25, 0.3) is 0 Å². The third-order valence-electron chi connectivity index (χ3n) is 2.26. The van der Waals surface area contributed by atoms with Crippen molar-refractivity contribution in [3.63, 3.8) is 0 Å². The van der Waals surface area contributed by atoms with Crippen LogP contribution in [-0.4, -0.2) is 47.2 Å². The number of benzene rings is 1. The van der Waals surface area contributed by atoms with Crippen LogP contribution in [0.4, 0.5) is 5.69 Å². The summed E-state index contributed by atoms with van der Waals surface area (Å²) in [5.74, 6) is -0.636. The van der Waals surface area contributed by atoms with Crippen molar-refractivity contribution in [1.29, 1.82) is 0 Å². The molecule has 1 rings (SSSR count). The van der Waals surface area contributed by atoms with E-state index in [4.69, 9.17) is 10.0 Å². The zero-order chi connectivity index (χ0) is 13.9. The lowest BCUT2D eigenvalue weighted by Crippen LogP contribution is -2.32. The Morgan fingerprint density at radius 2 is 2.06 bits per heavy atom. The first-order chi connectivity index (χ1) is 8.36. The van der Waals surface area contributed by atoms with Crippen LogP contribution in [0.3, 0.4) is 0 Å². The van der Waals surface area contributed by atoms with Gasteiger partial charge in [0.1, 0.15) is 0 Å². The van der Waals surface area contributed by atoms with Crippen LogP contribution in [0.1, 0.15) is 10.4 Å². The van der Waals surface area contributed by atoms with Gasteiger partial charge >= 0.3 is 7.12 Å². The smallest absolute Gasteiger partial charge is 0.423 e. The number of carbonyl (C=O) groups excluding carboxylic acids is 1. The van der Waals surface area contributed by atoms with E-state index in [1.54, 1.807) is 0 Å². The molecule has 0 atom stereocenters. The van der Waals surface area contributed by atoms with Crippen molar-refractivity contribution in [3.8, 4) is 0 Å². The highest BCUT2D eigenvalue weighted by molar-refractivity contribution is 6.58. The number of nitrogens with zero attached hydrogens (tertiary/aromatic N) is 2. The van der Waals surface area contributed by atoms with E-state index in [0.29, 0.717) is 0 Å². The van der Waals surface area contributed by atoms with Crippen LogP contribution in [0.2, 0.25) is 0 Å². The number of nitro benzene ring substituents is 1. The van der Waals surface area contributed by atoms with Crippen LogP contribution < -0.4 is 5.46 Å². The number of hydrogen-bond donors (Lipinski definition) is 2. The number of hydrogen-bond acceptors (Lipinski definition) is 6. The zero-order valence-corrected chi connectivity index (χ0v) is 9.73. The normalized spacial score (nSPS) is 10.0. The van der Waals surface area contributed by atoms with Crippen LogP contribution in [-0.2, 0) is 4.84 Å². The summed E-state index contributed by atoms with van der Waals surface area (Å²) >= 11 is 0. The quantitative estimate of drug-likeness (QED) is 0.401. The van der Waals surface area contributed by atoms with Gasteiger partial charge in [0.05, 0.1) is 12.0 Å². The minimum atomic E-state index is -1.90. The lowest BCUT2D eigenvalue weighted by molar-refractivity contribution is -0.384. The molecule has 0 aromatic heterocycles. The molecule has 9 heteroatoms. The number of nitro groups is 1. The molecule has 1 aromatic rings. The first-order valence-corrected chi connectivity index (χ1v) is 4.84. The molecule has 1 amide bonds. The van der Waals surface area contributed by atoms with E-state index in [-0.39, 0.29) is 11.0 Å². The second-order valence-corrected chi connectivity index (χ2v) is 3.43. The second-order valence-electron chi connectivity index (χ2n) is 3.43. The fourth-order valence-electron chi connectivity index (χ4n) is 1.28. The summed E-state index contributed by atoms with van der Waals surface area (Å²) in [5, 5.41) is 29.6. The lowest BCUT2D eigenvalue weighted by Gasteiger charge is -2.14. The van der Waals surface area contributed by atoms with E-state index in [1.165, 1.54) is 14.2 Å². The average molecular weight is 254 g/mol. The molecule has 0 aliphatic heterocycles. The molecule has 0 spiro atoms. The summed E-state index contributed by atoms with van der Waals surface area (Å²) < 4.78 is 0. The Bertz CT molecular complexity index is 478. The molecule has 1 aromatic carbocycles. The van der Waals surface area contributed by atoms with Crippen molar-refractivity contribution in [2.75, 3.05) is 14.2 Å². The molecular weight excluding hydrogens is 243 g/mol. The minimum Gasteiger partial charge on any atom is -0.423 e. The van der Waals surface area contributed by atoms with Gasteiger partial charge < -0.3 is 10.0 Å². The van der Waals surface area contributed by atoms with E-state index in [2.05, 4.69) is 4.84 Å². The van der Waals surface area contributed by atoms with Gasteiger partial charge in [-0.1, -0.05) is 0 Å². The molecule has 0 saturated heterocycles. The fourth-order valence-corrected chi connectivity index (χ4v) is 1.28. The van der Waals surface area contributed by atoms with Crippen LogP contribution in [0, 0.1) is 10.1 Å². The molecule has 0 bridgehead atoms. The molecule has 0 heterocycles. The summed E-state index contributed by atoms with van der Waals surface area (Å²) in [6.45, 7) is 0. The highest BCUT2D eigenvalue weighted by atomic mass is 16.7. The third-order valence-corrected chi connectivity index (χ3v) is 2.26. The van der Waals surface area contributed by atoms with Gasteiger partial charge in [-0.25, -0.2) is 5.06 Å². The molecular formula is C9H11BN2O6. The average Bonchev–Trinajstić information content (AvgIpc) is 2.36. The minimum absolute atomic E-state index is 0.0725. The highest BCUT2D eigenvalue weighted by Crippen LogP contribution is 2.13. The molecule has 0 saturated carbocycles. The van der Waals surface area contributed by atoms with Crippen LogP contribution in [0.15, 0.2) is 18.2 Å². The van der Waals surface area contributed by atoms with E-state index < -0.39 is 23.6 Å². The van der Waals surface area contributed by atoms with Gasteiger partial charge in [0.2, 0.25) is 0 Å². The molecule has 0 fully saturated rings. The van der Waals surface area contributed by atoms with E-state index in [9.17, 15) is 14.9 Å². The van der Waals surface area contributed by atoms with Crippen LogP contribution >= 0.6 is 0 Å². The Morgan fingerprint density at radius 3 is 2.50 bits per heavy atom. The largest absolute Gasteiger partial charge is 0.488 e. The number of rotatable bonds is 4. The topological polar surface area (TPSA) is 113 Å². The standard InChI is InChI=1S/C9H11BN2O6/c1-11(18-2)9(13)6-3-7(10(14)15)5-8(4-6)12(16)17/h3-5,14-15H,1-2H3. The lowest BCUT2D eigenvalue weighted by atomic mass is 9.79. The molecule has 0 unspecified atom stereocenters. The number of carbonyl (C=O) groups is 1. The number of non-ortho nitro benzene ring substituents is 1. The van der Waals surface area contributed by atoms with E-state index >= 15 is 0 Å². The Morgan fingerprint density at radius 1 is 1.44 bits per heavy atom. The predicted molar refractivity (Wildman–Crippen MR) is 62.0 cm³/mol. The summed E-state index contributed by atoms with van der Waals surface area (Å²) in [4.78, 5) is 26.3. The predicted octanol–water partition coefficient (Wildman–Crippen LogP) is -1.09. The Hall–Kier alpha value is -1.97. The fraction of sp³-hybridized carbons (Fsp3) is 0.222. The second kappa shape index (κ2) is 5.58. The molecule has 2 N–H and O–H groups in total. The van der Waals surface area contributed by atoms with Gasteiger partial charge in [0.15, 0.2) is 0 Å². The van der Waals surface area contributed by atoms with Gasteiger partial charge in [0.25, 0.3) is 11.6 Å². The maximum atomic E-state index is 11.7. The van der Waals surface area contributed by atoms with E-state index in [1.807, 2.05) is 0 Å². The Labute approximate surface area is 103 Å². The Balaban J connectivity index is 3.27. The van der Waals surface area contributed by atoms with E-state index in [0.717, 1.165) is 23.3 Å². The number of amides is 1. The summed E-state index contributed by atoms with van der Waals surface area (Å²) in [6.07, 6.45) is 0. The molecule has 96 valence electrons. The monoisotopic (exact) mass is 254 g/mol. The third kappa shape index (κ3) is 3.03. The van der Waals surface area contributed by atoms with Crippen molar-refractivity contribution in [2.24, 2.45) is 0 Å². The molecule has 0 aliphatic rings. The van der Waals surface area contributed by atoms with Gasteiger partial charge in [0, 0.05) is 24.7 Å². The van der Waals surface area contributed by atoms with Gasteiger partial charge in [-0.05, 0) is 11.5 Å². The summed E-state index contributed by atoms with van der Waals surface area (Å²) in [5.41, 5.74) is -0.623. The first kappa shape index (κ1) is 14.1. The van der Waals surface area contributed by atoms with Crippen molar-refractivity contribution >= 4 is 24.2 Å². The maximum absolute atomic E-state index is 11.7. The number of hydroxylamine groups is 2. The van der Waals surface area contributed by atoms with Crippen molar-refractivity contribution in [3.05, 3.63) is 33.9 Å². The Kier molecular flexibility index (Phi) is 4.37. The first-order valence-electron chi connectivity index (χ1n) is 4.84. The molecule has 8 nitrogen and oxygen atoms in total. The highest BCUT2D eigenvalue weighted by Gasteiger charge is 2.21. The van der Waals surface area contributed by atoms with Crippen molar-refractivity contribution in [1.82, 2.24) is 5.06 Å². The summed E-state index contributed by atoms with van der Waals surface area (Å²) in [6, 6.07) is 3.16. The molecule has 0 radical (unpaired) electrons. The molecule has 0 aliphatic carbocycles. The maximum Gasteiger partial charge on any atom is 0.488 e. The van der Waals surface area contributed by atoms with Crippen LogP contribution in [0.5, 0.6) is 0 Å². The summed E-state index contributed by atoms with van der Waals surface area (Å²) in [7, 11) is 0.692.